The van der Waals surface area contributed by atoms with Gasteiger partial charge in [0.1, 0.15) is 17.6 Å². The fourth-order valence-corrected chi connectivity index (χ4v) is 4.57. The van der Waals surface area contributed by atoms with Crippen LogP contribution in [0.25, 0.3) is 0 Å². The predicted octanol–water partition coefficient (Wildman–Crippen LogP) is 5.23. The summed E-state index contributed by atoms with van der Waals surface area (Å²) in [5.74, 6) is 0.505. The number of para-hydroxylation sites is 1. The molecule has 9 nitrogen and oxygen atoms in total. The third-order valence-corrected chi connectivity index (χ3v) is 6.38. The van der Waals surface area contributed by atoms with Gasteiger partial charge in [-0.15, -0.1) is 0 Å². The fraction of sp³-hybridized carbons (Fsp3) is 0.160. The number of methoxy groups -OCH3 is 1. The van der Waals surface area contributed by atoms with E-state index in [2.05, 4.69) is 10.1 Å². The lowest BCUT2D eigenvalue weighted by Crippen LogP contribution is -2.42. The molecule has 2 atom stereocenters. The Bertz CT molecular complexity index is 1390. The highest BCUT2D eigenvalue weighted by Gasteiger charge is 2.41. The first-order valence-corrected chi connectivity index (χ1v) is 11.2. The Balaban J connectivity index is 1.65. The van der Waals surface area contributed by atoms with Crippen LogP contribution in [0.3, 0.4) is 0 Å². The van der Waals surface area contributed by atoms with E-state index in [1.165, 1.54) is 29.4 Å². The smallest absolute Gasteiger partial charge is 0.282 e. The van der Waals surface area contributed by atoms with Crippen molar-refractivity contribution in [1.29, 1.82) is 0 Å². The lowest BCUT2D eigenvalue weighted by Gasteiger charge is -2.39. The molecule has 0 spiro atoms. The van der Waals surface area contributed by atoms with Crippen LogP contribution in [0.15, 0.2) is 79.1 Å². The van der Waals surface area contributed by atoms with Crippen molar-refractivity contribution in [2.24, 2.45) is 0 Å². The van der Waals surface area contributed by atoms with Crippen LogP contribution in [0.4, 0.5) is 11.6 Å². The third-order valence-electron chi connectivity index (χ3n) is 6.13. The minimum atomic E-state index is -0.556. The minimum absolute atomic E-state index is 0.0195. The molecule has 5 rings (SSSR count). The summed E-state index contributed by atoms with van der Waals surface area (Å²) in [4.78, 5) is 30.8. The molecule has 0 aliphatic carbocycles. The van der Waals surface area contributed by atoms with Crippen LogP contribution in [-0.4, -0.2) is 32.7 Å². The van der Waals surface area contributed by atoms with Gasteiger partial charge in [-0.05, 0) is 47.9 Å². The summed E-state index contributed by atoms with van der Waals surface area (Å²) in [6.07, 6.45) is 1.85. The van der Waals surface area contributed by atoms with Gasteiger partial charge in [0.05, 0.1) is 24.1 Å². The first-order valence-electron chi connectivity index (χ1n) is 10.8. The van der Waals surface area contributed by atoms with E-state index < -0.39 is 16.9 Å². The quantitative estimate of drug-likeness (QED) is 0.281. The Morgan fingerprint density at radius 2 is 1.69 bits per heavy atom. The van der Waals surface area contributed by atoms with Crippen molar-refractivity contribution in [3.8, 4) is 5.75 Å². The Hall–Kier alpha value is -4.24. The average Bonchev–Trinajstić information content (AvgIpc) is 3.38. The number of anilines is 1. The van der Waals surface area contributed by atoms with Crippen molar-refractivity contribution in [3.05, 3.63) is 111 Å². The molecule has 0 saturated heterocycles. The third kappa shape index (κ3) is 4.10. The first kappa shape index (κ1) is 22.5. The number of hydrogen-bond acceptors (Lipinski definition) is 6. The maximum absolute atomic E-state index is 13.9. The molecular weight excluding hydrogens is 470 g/mol. The van der Waals surface area contributed by atoms with Gasteiger partial charge in [0.2, 0.25) is 5.95 Å². The van der Waals surface area contributed by atoms with Gasteiger partial charge in [-0.1, -0.05) is 48.0 Å². The predicted molar refractivity (Wildman–Crippen MR) is 130 cm³/mol. The van der Waals surface area contributed by atoms with Crippen molar-refractivity contribution in [1.82, 2.24) is 14.8 Å². The van der Waals surface area contributed by atoms with Crippen LogP contribution < -0.4 is 9.64 Å². The number of aromatic nitrogens is 3. The summed E-state index contributed by atoms with van der Waals surface area (Å²) >= 11 is 6.12. The lowest BCUT2D eigenvalue weighted by atomic mass is 9.91. The second kappa shape index (κ2) is 9.19. The monoisotopic (exact) mass is 489 g/mol. The fourth-order valence-electron chi connectivity index (χ4n) is 4.44. The summed E-state index contributed by atoms with van der Waals surface area (Å²) in [6, 6.07) is 20.1. The van der Waals surface area contributed by atoms with Crippen molar-refractivity contribution in [2.45, 2.75) is 18.5 Å². The lowest BCUT2D eigenvalue weighted by molar-refractivity contribution is -0.385. The molecule has 0 fully saturated rings. The van der Waals surface area contributed by atoms with Crippen LogP contribution in [0.1, 0.15) is 40.0 Å². The summed E-state index contributed by atoms with van der Waals surface area (Å²) in [6.45, 7) is 0. The zero-order valence-electron chi connectivity index (χ0n) is 18.6. The van der Waals surface area contributed by atoms with Crippen LogP contribution >= 0.6 is 11.6 Å². The number of carbonyl (C=O) groups excluding carboxylic acids is 1. The molecule has 1 aliphatic rings. The molecule has 4 aromatic rings. The number of hydrogen-bond donors (Lipinski definition) is 0. The van der Waals surface area contributed by atoms with Crippen LogP contribution in [0.5, 0.6) is 5.75 Å². The first-order chi connectivity index (χ1) is 17.0. The number of nitrogens with zero attached hydrogens (tertiary/aromatic N) is 5. The van der Waals surface area contributed by atoms with E-state index in [9.17, 15) is 14.9 Å². The molecule has 0 N–H and O–H groups in total. The summed E-state index contributed by atoms with van der Waals surface area (Å²) in [7, 11) is 1.61. The van der Waals surface area contributed by atoms with Gasteiger partial charge in [-0.2, -0.15) is 10.1 Å². The van der Waals surface area contributed by atoms with Crippen molar-refractivity contribution < 1.29 is 14.5 Å². The Kier molecular flexibility index (Phi) is 5.92. The van der Waals surface area contributed by atoms with E-state index in [-0.39, 0.29) is 17.3 Å². The van der Waals surface area contributed by atoms with Crippen molar-refractivity contribution in [2.75, 3.05) is 12.0 Å². The number of nitro benzene ring substituents is 1. The van der Waals surface area contributed by atoms with Gasteiger partial charge in [-0.25, -0.2) is 4.68 Å². The summed E-state index contributed by atoms with van der Waals surface area (Å²) in [5, 5.41) is 16.6. The zero-order chi connectivity index (χ0) is 24.5. The maximum Gasteiger partial charge on any atom is 0.282 e. The standard InChI is InChI=1S/C25H20ClN5O4/c1-35-19-12-8-17(9-13-19)23-14-22(16-6-10-18(26)11-7-16)29(25-27-15-28-30(23)25)24(32)20-4-2-3-5-21(20)31(33)34/h2-13,15,22-23H,14H2,1H3. The van der Waals surface area contributed by atoms with E-state index in [0.717, 1.165) is 16.9 Å². The van der Waals surface area contributed by atoms with E-state index >= 15 is 0 Å². The maximum atomic E-state index is 13.9. The molecular formula is C25H20ClN5O4. The molecule has 0 radical (unpaired) electrons. The highest BCUT2D eigenvalue weighted by atomic mass is 35.5. The molecule has 176 valence electrons. The van der Waals surface area contributed by atoms with E-state index in [1.807, 2.05) is 36.4 Å². The van der Waals surface area contributed by atoms with Crippen LogP contribution in [-0.2, 0) is 0 Å². The number of amides is 1. The number of ether oxygens (including phenoxy) is 1. The van der Waals surface area contributed by atoms with Gasteiger partial charge in [0, 0.05) is 11.1 Å². The normalized spacial score (nSPS) is 17.0. The van der Waals surface area contributed by atoms with Crippen LogP contribution in [0.2, 0.25) is 5.02 Å². The summed E-state index contributed by atoms with van der Waals surface area (Å²) in [5.41, 5.74) is 1.51. The summed E-state index contributed by atoms with van der Waals surface area (Å²) < 4.78 is 6.97. The van der Waals surface area contributed by atoms with Crippen LogP contribution in [0, 0.1) is 10.1 Å². The number of nitro groups is 1. The van der Waals surface area contributed by atoms with Crippen molar-refractivity contribution >= 4 is 29.1 Å². The van der Waals surface area contributed by atoms with Gasteiger partial charge in [-0.3, -0.25) is 19.8 Å². The number of rotatable bonds is 5. The Morgan fingerprint density at radius 1 is 1.03 bits per heavy atom. The van der Waals surface area contributed by atoms with Gasteiger partial charge >= 0.3 is 0 Å². The minimum Gasteiger partial charge on any atom is -0.497 e. The topological polar surface area (TPSA) is 103 Å². The number of halogens is 1. The molecule has 1 amide bonds. The molecule has 1 aromatic heterocycles. The highest BCUT2D eigenvalue weighted by Crippen LogP contribution is 2.43. The number of benzene rings is 3. The average molecular weight is 490 g/mol. The number of fused-ring (bicyclic) bond motifs is 1. The SMILES string of the molecule is COc1ccc(C2CC(c3ccc(Cl)cc3)N(C(=O)c3ccccc3[N+](=O)[O-])c3ncnn32)cc1. The molecule has 2 heterocycles. The zero-order valence-corrected chi connectivity index (χ0v) is 19.4. The van der Waals surface area contributed by atoms with E-state index in [0.29, 0.717) is 17.4 Å². The molecule has 0 saturated carbocycles. The Morgan fingerprint density at radius 3 is 2.37 bits per heavy atom. The second-order valence-electron chi connectivity index (χ2n) is 8.05. The molecule has 10 heteroatoms. The molecule has 1 aliphatic heterocycles. The van der Waals surface area contributed by atoms with Crippen molar-refractivity contribution in [3.63, 3.8) is 0 Å². The molecule has 2 unspecified atom stereocenters. The van der Waals surface area contributed by atoms with Gasteiger partial charge < -0.3 is 4.74 Å². The van der Waals surface area contributed by atoms with E-state index in [4.69, 9.17) is 16.3 Å². The van der Waals surface area contributed by atoms with Gasteiger partial charge in [0.25, 0.3) is 11.6 Å². The highest BCUT2D eigenvalue weighted by molar-refractivity contribution is 6.30. The second-order valence-corrected chi connectivity index (χ2v) is 8.48. The van der Waals surface area contributed by atoms with E-state index in [1.54, 1.807) is 30.0 Å². The Labute approximate surface area is 205 Å². The number of carbonyl (C=O) groups is 1. The van der Waals surface area contributed by atoms with Gasteiger partial charge in [0.15, 0.2) is 0 Å². The molecule has 0 bridgehead atoms. The molecule has 35 heavy (non-hydrogen) atoms. The molecule has 3 aromatic carbocycles. The largest absolute Gasteiger partial charge is 0.497 e.